The zero-order chi connectivity index (χ0) is 24.1. The Hall–Kier alpha value is -2.07. The highest BCUT2D eigenvalue weighted by Crippen LogP contribution is 2.38. The molecule has 1 aliphatic rings. The molecule has 3 aromatic carbocycles. The molecular formula is C26H21ClINO3S2. The maximum atomic E-state index is 13.1. The molecule has 4 nitrogen and oxygen atoms in total. The van der Waals surface area contributed by atoms with Gasteiger partial charge in [0, 0.05) is 10.6 Å². The number of amides is 1. The molecule has 1 heterocycles. The number of rotatable bonds is 8. The molecule has 0 atom stereocenters. The van der Waals surface area contributed by atoms with Crippen molar-refractivity contribution >= 4 is 74.5 Å². The Morgan fingerprint density at radius 3 is 2.56 bits per heavy atom. The lowest BCUT2D eigenvalue weighted by Gasteiger charge is -2.15. The first kappa shape index (κ1) is 25.0. The second kappa shape index (κ2) is 11.6. The van der Waals surface area contributed by atoms with Crippen LogP contribution in [-0.2, 0) is 17.9 Å². The van der Waals surface area contributed by atoms with Crippen LogP contribution in [0.4, 0.5) is 0 Å². The van der Waals surface area contributed by atoms with Gasteiger partial charge in [-0.05, 0) is 64.9 Å². The number of thioether (sulfide) groups is 1. The third-order valence-electron chi connectivity index (χ3n) is 5.02. The number of thiocarbonyl (C=S) groups is 1. The molecule has 3 aromatic rings. The summed E-state index contributed by atoms with van der Waals surface area (Å²) < 4.78 is 13.4. The van der Waals surface area contributed by atoms with Crippen LogP contribution in [0.25, 0.3) is 6.08 Å². The lowest BCUT2D eigenvalue weighted by Crippen LogP contribution is -2.27. The second-order valence-electron chi connectivity index (χ2n) is 7.40. The van der Waals surface area contributed by atoms with Crippen LogP contribution in [0, 0.1) is 3.57 Å². The molecule has 174 valence electrons. The van der Waals surface area contributed by atoms with Crippen LogP contribution in [0.5, 0.6) is 11.5 Å². The smallest absolute Gasteiger partial charge is 0.266 e. The van der Waals surface area contributed by atoms with Gasteiger partial charge in [0.1, 0.15) is 10.9 Å². The first-order valence-corrected chi connectivity index (χ1v) is 13.3. The molecule has 0 spiro atoms. The van der Waals surface area contributed by atoms with Gasteiger partial charge in [0.05, 0.1) is 21.6 Å². The first-order valence-electron chi connectivity index (χ1n) is 10.6. The number of carbonyl (C=O) groups is 1. The third-order valence-corrected chi connectivity index (χ3v) is 7.56. The van der Waals surface area contributed by atoms with E-state index in [2.05, 4.69) is 22.6 Å². The van der Waals surface area contributed by atoms with Gasteiger partial charge in [-0.1, -0.05) is 84.1 Å². The van der Waals surface area contributed by atoms with Gasteiger partial charge in [0.25, 0.3) is 5.91 Å². The lowest BCUT2D eigenvalue weighted by atomic mass is 10.1. The number of ether oxygens (including phenoxy) is 2. The summed E-state index contributed by atoms with van der Waals surface area (Å²) in [6, 6.07) is 21.3. The van der Waals surface area contributed by atoms with E-state index in [0.29, 0.717) is 45.5 Å². The summed E-state index contributed by atoms with van der Waals surface area (Å²) in [5.74, 6) is 1.18. The Labute approximate surface area is 227 Å². The fourth-order valence-electron chi connectivity index (χ4n) is 3.39. The molecule has 0 aliphatic carbocycles. The van der Waals surface area contributed by atoms with Crippen molar-refractivity contribution in [3.05, 3.63) is 96.9 Å². The number of halogens is 2. The van der Waals surface area contributed by atoms with Crippen LogP contribution in [-0.4, -0.2) is 21.7 Å². The van der Waals surface area contributed by atoms with Crippen molar-refractivity contribution in [3.8, 4) is 11.5 Å². The number of carbonyl (C=O) groups excluding carboxylic acids is 1. The normalized spacial score (nSPS) is 14.7. The molecule has 34 heavy (non-hydrogen) atoms. The van der Waals surface area contributed by atoms with E-state index in [4.69, 9.17) is 33.3 Å². The minimum Gasteiger partial charge on any atom is -0.490 e. The molecule has 1 aliphatic heterocycles. The van der Waals surface area contributed by atoms with Gasteiger partial charge in [-0.25, -0.2) is 0 Å². The van der Waals surface area contributed by atoms with Crippen LogP contribution in [0.1, 0.15) is 23.6 Å². The molecule has 8 heteroatoms. The second-order valence-corrected chi connectivity index (χ2v) is 10.6. The lowest BCUT2D eigenvalue weighted by molar-refractivity contribution is -0.122. The summed E-state index contributed by atoms with van der Waals surface area (Å²) in [5, 5.41) is 0.657. The molecule has 1 fully saturated rings. The van der Waals surface area contributed by atoms with E-state index in [1.54, 1.807) is 4.90 Å². The highest BCUT2D eigenvalue weighted by molar-refractivity contribution is 14.1. The molecule has 4 rings (SSSR count). The SMILES string of the molecule is CCOc1cc(/C=C2\SC(=S)N(Cc3ccccc3)C2=O)cc(I)c1OCc1ccccc1Cl. The zero-order valence-electron chi connectivity index (χ0n) is 18.3. The van der Waals surface area contributed by atoms with Gasteiger partial charge >= 0.3 is 0 Å². The zero-order valence-corrected chi connectivity index (χ0v) is 22.8. The van der Waals surface area contributed by atoms with Crippen molar-refractivity contribution in [2.45, 2.75) is 20.1 Å². The van der Waals surface area contributed by atoms with Crippen LogP contribution in [0.2, 0.25) is 5.02 Å². The highest BCUT2D eigenvalue weighted by Gasteiger charge is 2.32. The Balaban J connectivity index is 1.56. The molecule has 0 radical (unpaired) electrons. The Morgan fingerprint density at radius 2 is 1.82 bits per heavy atom. The minimum absolute atomic E-state index is 0.0918. The third kappa shape index (κ3) is 5.94. The fourth-order valence-corrected chi connectivity index (χ4v) is 5.62. The maximum Gasteiger partial charge on any atom is 0.266 e. The van der Waals surface area contributed by atoms with Crippen LogP contribution >= 0.6 is 58.2 Å². The number of hydrogen-bond donors (Lipinski definition) is 0. The van der Waals surface area contributed by atoms with Crippen molar-refractivity contribution in [3.63, 3.8) is 0 Å². The van der Waals surface area contributed by atoms with E-state index >= 15 is 0 Å². The minimum atomic E-state index is -0.0918. The molecule has 0 bridgehead atoms. The summed E-state index contributed by atoms with van der Waals surface area (Å²) in [6.07, 6.45) is 1.85. The topological polar surface area (TPSA) is 38.8 Å². The van der Waals surface area contributed by atoms with E-state index in [9.17, 15) is 4.79 Å². The predicted molar refractivity (Wildman–Crippen MR) is 151 cm³/mol. The Kier molecular flexibility index (Phi) is 8.52. The summed E-state index contributed by atoms with van der Waals surface area (Å²) >= 11 is 15.3. The van der Waals surface area contributed by atoms with Crippen LogP contribution in [0.15, 0.2) is 71.6 Å². The van der Waals surface area contributed by atoms with Gasteiger partial charge in [0.15, 0.2) is 11.5 Å². The largest absolute Gasteiger partial charge is 0.490 e. The van der Waals surface area contributed by atoms with Gasteiger partial charge in [-0.2, -0.15) is 0 Å². The van der Waals surface area contributed by atoms with Crippen molar-refractivity contribution in [1.29, 1.82) is 0 Å². The summed E-state index contributed by atoms with van der Waals surface area (Å²) in [7, 11) is 0. The standard InChI is InChI=1S/C26H21ClINO3S2/c1-2-31-22-13-18(12-21(28)24(22)32-16-19-10-6-7-11-20(19)27)14-23-25(30)29(26(33)34-23)15-17-8-4-3-5-9-17/h3-14H,2,15-16H2,1H3/b23-14-. The molecule has 0 unspecified atom stereocenters. The van der Waals surface area contributed by atoms with Crippen molar-refractivity contribution in [2.24, 2.45) is 0 Å². The van der Waals surface area contributed by atoms with Crippen molar-refractivity contribution in [1.82, 2.24) is 4.90 Å². The molecule has 1 amide bonds. The van der Waals surface area contributed by atoms with Gasteiger partial charge in [-0.3, -0.25) is 9.69 Å². The number of hydrogen-bond acceptors (Lipinski definition) is 5. The quantitative estimate of drug-likeness (QED) is 0.150. The molecular weight excluding hydrogens is 601 g/mol. The van der Waals surface area contributed by atoms with E-state index in [1.165, 1.54) is 11.8 Å². The summed E-state index contributed by atoms with van der Waals surface area (Å²) in [4.78, 5) is 15.3. The van der Waals surface area contributed by atoms with Crippen molar-refractivity contribution in [2.75, 3.05) is 6.61 Å². The molecule has 0 aromatic heterocycles. The summed E-state index contributed by atoms with van der Waals surface area (Å²) in [6.45, 7) is 3.19. The fraction of sp³-hybridized carbons (Fsp3) is 0.154. The predicted octanol–water partition coefficient (Wildman–Crippen LogP) is 7.32. The average Bonchev–Trinajstić information content (AvgIpc) is 3.08. The van der Waals surface area contributed by atoms with Gasteiger partial charge in [-0.15, -0.1) is 0 Å². The van der Waals surface area contributed by atoms with Crippen molar-refractivity contribution < 1.29 is 14.3 Å². The Morgan fingerprint density at radius 1 is 1.09 bits per heavy atom. The maximum absolute atomic E-state index is 13.1. The van der Waals surface area contributed by atoms with Crippen LogP contribution in [0.3, 0.4) is 0 Å². The molecule has 1 saturated heterocycles. The van der Waals surface area contributed by atoms with Gasteiger partial charge in [0.2, 0.25) is 0 Å². The molecule has 0 N–H and O–H groups in total. The van der Waals surface area contributed by atoms with E-state index in [1.807, 2.05) is 79.7 Å². The van der Waals surface area contributed by atoms with E-state index < -0.39 is 0 Å². The summed E-state index contributed by atoms with van der Waals surface area (Å²) in [5.41, 5.74) is 2.78. The highest BCUT2D eigenvalue weighted by atomic mass is 127. The van der Waals surface area contributed by atoms with E-state index in [0.717, 1.165) is 20.3 Å². The molecule has 0 saturated carbocycles. The monoisotopic (exact) mass is 621 g/mol. The van der Waals surface area contributed by atoms with Gasteiger partial charge < -0.3 is 9.47 Å². The van der Waals surface area contributed by atoms with E-state index in [-0.39, 0.29) is 5.91 Å². The number of benzene rings is 3. The Bertz CT molecular complexity index is 1250. The number of nitrogens with zero attached hydrogens (tertiary/aromatic N) is 1. The first-order chi connectivity index (χ1) is 16.5. The average molecular weight is 622 g/mol. The van der Waals surface area contributed by atoms with Crippen LogP contribution < -0.4 is 9.47 Å².